The first-order valence-corrected chi connectivity index (χ1v) is 9.48. The average Bonchev–Trinajstić information content (AvgIpc) is 2.93. The highest BCUT2D eigenvalue weighted by atomic mass is 16.5. The van der Waals surface area contributed by atoms with Gasteiger partial charge in [-0.25, -0.2) is 9.97 Å². The molecule has 138 valence electrons. The number of nitrogens with one attached hydrogen (secondary N) is 2. The molecule has 4 rings (SSSR count). The number of anilines is 1. The number of piperidine rings is 1. The first kappa shape index (κ1) is 17.1. The van der Waals surface area contributed by atoms with Crippen molar-refractivity contribution < 1.29 is 9.47 Å². The van der Waals surface area contributed by atoms with Gasteiger partial charge in [-0.1, -0.05) is 6.07 Å². The Morgan fingerprint density at radius 1 is 1.08 bits per heavy atom. The normalized spacial score (nSPS) is 18.8. The molecule has 2 aliphatic rings. The van der Waals surface area contributed by atoms with Gasteiger partial charge in [-0.3, -0.25) is 0 Å². The van der Waals surface area contributed by atoms with Gasteiger partial charge in [-0.2, -0.15) is 0 Å². The Morgan fingerprint density at radius 3 is 2.73 bits per heavy atom. The number of hydrogen-bond donors (Lipinski definition) is 2. The summed E-state index contributed by atoms with van der Waals surface area (Å²) in [6.45, 7) is 5.66. The van der Waals surface area contributed by atoms with E-state index in [1.54, 1.807) is 6.33 Å². The number of aromatic nitrogens is 2. The molecule has 2 aromatic rings. The molecule has 26 heavy (non-hydrogen) atoms. The van der Waals surface area contributed by atoms with Crippen LogP contribution in [0.4, 0.5) is 5.82 Å². The van der Waals surface area contributed by atoms with Crippen molar-refractivity contribution in [2.24, 2.45) is 0 Å². The van der Waals surface area contributed by atoms with E-state index in [4.69, 9.17) is 9.47 Å². The van der Waals surface area contributed by atoms with Gasteiger partial charge in [-0.05, 0) is 50.6 Å². The van der Waals surface area contributed by atoms with Crippen LogP contribution in [0.3, 0.4) is 0 Å². The number of fused-ring (bicyclic) bond motifs is 1. The van der Waals surface area contributed by atoms with Crippen molar-refractivity contribution in [3.8, 4) is 11.5 Å². The predicted molar refractivity (Wildman–Crippen MR) is 101 cm³/mol. The number of hydrogen-bond acceptors (Lipinski definition) is 6. The molecule has 0 amide bonds. The molecule has 1 fully saturated rings. The second-order valence-electron chi connectivity index (χ2n) is 6.98. The lowest BCUT2D eigenvalue weighted by atomic mass is 9.94. The van der Waals surface area contributed by atoms with Crippen LogP contribution in [0, 0.1) is 0 Å². The highest BCUT2D eigenvalue weighted by molar-refractivity contribution is 5.46. The van der Waals surface area contributed by atoms with Crippen molar-refractivity contribution in [1.82, 2.24) is 15.3 Å². The number of rotatable bonds is 4. The van der Waals surface area contributed by atoms with Crippen LogP contribution in [-0.2, 0) is 0 Å². The van der Waals surface area contributed by atoms with E-state index >= 15 is 0 Å². The van der Waals surface area contributed by atoms with Crippen molar-refractivity contribution in [3.63, 3.8) is 0 Å². The van der Waals surface area contributed by atoms with Gasteiger partial charge >= 0.3 is 0 Å². The first-order chi connectivity index (χ1) is 12.8. The van der Waals surface area contributed by atoms with Crippen molar-refractivity contribution in [1.29, 1.82) is 0 Å². The molecule has 0 bridgehead atoms. The second kappa shape index (κ2) is 7.91. The fourth-order valence-electron chi connectivity index (χ4n) is 3.55. The monoisotopic (exact) mass is 354 g/mol. The summed E-state index contributed by atoms with van der Waals surface area (Å²) in [6, 6.07) is 8.35. The summed E-state index contributed by atoms with van der Waals surface area (Å²) >= 11 is 0. The van der Waals surface area contributed by atoms with Gasteiger partial charge < -0.3 is 20.1 Å². The van der Waals surface area contributed by atoms with E-state index in [-0.39, 0.29) is 6.04 Å². The Morgan fingerprint density at radius 2 is 1.88 bits per heavy atom. The number of benzene rings is 1. The SMILES string of the molecule is C[C@H](Nc1cc(C2CCNCC2)ncn1)c1ccc2c(c1)OCCCO2. The zero-order valence-corrected chi connectivity index (χ0v) is 15.2. The van der Waals surface area contributed by atoms with Crippen LogP contribution in [-0.4, -0.2) is 36.3 Å². The molecule has 3 heterocycles. The topological polar surface area (TPSA) is 68.3 Å². The fourth-order valence-corrected chi connectivity index (χ4v) is 3.55. The van der Waals surface area contributed by atoms with Gasteiger partial charge in [0, 0.05) is 24.1 Å². The van der Waals surface area contributed by atoms with E-state index < -0.39 is 0 Å². The Kier molecular flexibility index (Phi) is 5.20. The lowest BCUT2D eigenvalue weighted by Gasteiger charge is -2.23. The predicted octanol–water partition coefficient (Wildman–Crippen LogP) is 3.28. The number of ether oxygens (including phenoxy) is 2. The maximum atomic E-state index is 5.80. The van der Waals surface area contributed by atoms with Gasteiger partial charge in [0.15, 0.2) is 11.5 Å². The van der Waals surface area contributed by atoms with Crippen LogP contribution in [0.25, 0.3) is 0 Å². The van der Waals surface area contributed by atoms with Gasteiger partial charge in [0.2, 0.25) is 0 Å². The highest BCUT2D eigenvalue weighted by Gasteiger charge is 2.18. The fraction of sp³-hybridized carbons (Fsp3) is 0.500. The van der Waals surface area contributed by atoms with E-state index in [1.807, 2.05) is 6.07 Å². The summed E-state index contributed by atoms with van der Waals surface area (Å²) in [6.07, 6.45) is 4.85. The van der Waals surface area contributed by atoms with Crippen molar-refractivity contribution in [3.05, 3.63) is 41.9 Å². The molecule has 6 heteroatoms. The molecule has 0 saturated carbocycles. The summed E-state index contributed by atoms with van der Waals surface area (Å²) in [5, 5.41) is 6.90. The third-order valence-corrected chi connectivity index (χ3v) is 5.08. The van der Waals surface area contributed by atoms with Crippen LogP contribution in [0.1, 0.15) is 49.4 Å². The van der Waals surface area contributed by atoms with Gasteiger partial charge in [0.25, 0.3) is 0 Å². The van der Waals surface area contributed by atoms with Crippen LogP contribution < -0.4 is 20.1 Å². The maximum Gasteiger partial charge on any atom is 0.161 e. The minimum atomic E-state index is 0.114. The molecule has 0 aliphatic carbocycles. The molecule has 2 N–H and O–H groups in total. The Hall–Kier alpha value is -2.34. The molecule has 1 atom stereocenters. The first-order valence-electron chi connectivity index (χ1n) is 9.48. The molecule has 0 spiro atoms. The Labute approximate surface area is 154 Å². The van der Waals surface area contributed by atoms with E-state index in [2.05, 4.69) is 45.7 Å². The van der Waals surface area contributed by atoms with E-state index in [0.29, 0.717) is 19.1 Å². The summed E-state index contributed by atoms with van der Waals surface area (Å²) in [5.74, 6) is 3.04. The smallest absolute Gasteiger partial charge is 0.161 e. The Balaban J connectivity index is 1.47. The zero-order valence-electron chi connectivity index (χ0n) is 15.2. The van der Waals surface area contributed by atoms with Gasteiger partial charge in [0.1, 0.15) is 12.1 Å². The summed E-state index contributed by atoms with van der Waals surface area (Å²) < 4.78 is 11.5. The van der Waals surface area contributed by atoms with Gasteiger partial charge in [-0.15, -0.1) is 0 Å². The lowest BCUT2D eigenvalue weighted by Crippen LogP contribution is -2.27. The minimum absolute atomic E-state index is 0.114. The maximum absolute atomic E-state index is 5.80. The Bertz CT molecular complexity index is 746. The van der Waals surface area contributed by atoms with E-state index in [1.165, 1.54) is 0 Å². The third-order valence-electron chi connectivity index (χ3n) is 5.08. The lowest BCUT2D eigenvalue weighted by molar-refractivity contribution is 0.297. The van der Waals surface area contributed by atoms with Crippen LogP contribution >= 0.6 is 0 Å². The molecule has 0 unspecified atom stereocenters. The largest absolute Gasteiger partial charge is 0.490 e. The molecule has 1 aromatic heterocycles. The molecule has 1 saturated heterocycles. The number of nitrogens with zero attached hydrogens (tertiary/aromatic N) is 2. The molecule has 6 nitrogen and oxygen atoms in total. The van der Waals surface area contributed by atoms with Crippen molar-refractivity contribution >= 4 is 5.82 Å². The van der Waals surface area contributed by atoms with Gasteiger partial charge in [0.05, 0.1) is 19.3 Å². The average molecular weight is 354 g/mol. The minimum Gasteiger partial charge on any atom is -0.490 e. The molecule has 1 aromatic carbocycles. The highest BCUT2D eigenvalue weighted by Crippen LogP contribution is 2.33. The zero-order chi connectivity index (χ0) is 17.8. The van der Waals surface area contributed by atoms with E-state index in [9.17, 15) is 0 Å². The summed E-state index contributed by atoms with van der Waals surface area (Å²) in [5.41, 5.74) is 2.28. The van der Waals surface area contributed by atoms with Crippen molar-refractivity contribution in [2.45, 2.75) is 38.1 Å². The quantitative estimate of drug-likeness (QED) is 0.878. The second-order valence-corrected chi connectivity index (χ2v) is 6.98. The molecule has 0 radical (unpaired) electrons. The standard InChI is InChI=1S/C20H26N4O2/c1-14(16-3-4-18-19(11-16)26-10-2-9-25-18)24-20-12-17(22-13-23-20)15-5-7-21-8-6-15/h3-4,11-15,21H,2,5-10H2,1H3,(H,22,23,24)/t14-/m0/s1. The summed E-state index contributed by atoms with van der Waals surface area (Å²) in [4.78, 5) is 8.90. The van der Waals surface area contributed by atoms with Crippen LogP contribution in [0.15, 0.2) is 30.6 Å². The molecular weight excluding hydrogens is 328 g/mol. The van der Waals surface area contributed by atoms with Crippen LogP contribution in [0.2, 0.25) is 0 Å². The van der Waals surface area contributed by atoms with Crippen LogP contribution in [0.5, 0.6) is 11.5 Å². The molecular formula is C20H26N4O2. The molecule has 2 aliphatic heterocycles. The van der Waals surface area contributed by atoms with Crippen molar-refractivity contribution in [2.75, 3.05) is 31.6 Å². The van der Waals surface area contributed by atoms with E-state index in [0.717, 1.165) is 60.9 Å². The third kappa shape index (κ3) is 3.90. The summed E-state index contributed by atoms with van der Waals surface area (Å²) in [7, 11) is 0.